The Balaban J connectivity index is 2.55. The number of rotatable bonds is 2. The minimum atomic E-state index is -0.659. The highest BCUT2D eigenvalue weighted by Gasteiger charge is 2.19. The molecule has 0 saturated heterocycles. The van der Waals surface area contributed by atoms with Crippen LogP contribution in [0.3, 0.4) is 0 Å². The fourth-order valence-electron chi connectivity index (χ4n) is 0.981. The first-order valence-electron chi connectivity index (χ1n) is 4.83. The first kappa shape index (κ1) is 12.3. The average Bonchev–Trinajstić information content (AvgIpc) is 2.47. The van der Waals surface area contributed by atoms with Crippen LogP contribution in [0.15, 0.2) is 9.32 Å². The molecule has 0 aliphatic carbocycles. The Morgan fingerprint density at radius 2 is 2.19 bits per heavy atom. The van der Waals surface area contributed by atoms with Gasteiger partial charge in [0.2, 0.25) is 0 Å². The van der Waals surface area contributed by atoms with Crippen molar-refractivity contribution in [1.29, 1.82) is 0 Å². The van der Waals surface area contributed by atoms with Crippen molar-refractivity contribution >= 4 is 6.09 Å². The van der Waals surface area contributed by atoms with Gasteiger partial charge in [-0.15, -0.1) is 0 Å². The average molecular weight is 229 g/mol. The summed E-state index contributed by atoms with van der Waals surface area (Å²) in [5, 5.41) is 5.96. The smallest absolute Gasteiger partial charge is 0.438 e. The zero-order valence-corrected chi connectivity index (χ0v) is 9.66. The molecule has 0 saturated carbocycles. The molecule has 1 unspecified atom stereocenters. The van der Waals surface area contributed by atoms with E-state index in [-0.39, 0.29) is 5.82 Å². The normalized spacial score (nSPS) is 13.2. The maximum atomic E-state index is 11.4. The van der Waals surface area contributed by atoms with Crippen LogP contribution in [-0.2, 0) is 4.74 Å². The third kappa shape index (κ3) is 3.76. The number of H-pyrrole nitrogens is 1. The topological polar surface area (TPSA) is 97.2 Å². The molecule has 1 amide bonds. The van der Waals surface area contributed by atoms with Crippen molar-refractivity contribution in [2.24, 2.45) is 0 Å². The molecule has 2 N–H and O–H groups in total. The van der Waals surface area contributed by atoms with Gasteiger partial charge in [-0.05, 0) is 27.7 Å². The zero-order chi connectivity index (χ0) is 12.3. The van der Waals surface area contributed by atoms with Crippen molar-refractivity contribution in [3.63, 3.8) is 0 Å². The highest BCUT2D eigenvalue weighted by atomic mass is 16.6. The molecule has 1 aromatic heterocycles. The van der Waals surface area contributed by atoms with Gasteiger partial charge in [-0.25, -0.2) is 9.59 Å². The molecule has 1 aromatic rings. The Labute approximate surface area is 92.2 Å². The van der Waals surface area contributed by atoms with Gasteiger partial charge in [-0.1, -0.05) is 5.16 Å². The molecule has 0 fully saturated rings. The van der Waals surface area contributed by atoms with Gasteiger partial charge in [0.1, 0.15) is 5.60 Å². The number of aromatic amines is 1. The number of hydrogen-bond acceptors (Lipinski definition) is 5. The molecular weight excluding hydrogens is 214 g/mol. The van der Waals surface area contributed by atoms with E-state index in [4.69, 9.17) is 4.74 Å². The maximum absolute atomic E-state index is 11.4. The Kier molecular flexibility index (Phi) is 3.36. The molecule has 7 heteroatoms. The van der Waals surface area contributed by atoms with Crippen LogP contribution in [0.2, 0.25) is 0 Å². The molecule has 16 heavy (non-hydrogen) atoms. The van der Waals surface area contributed by atoms with Gasteiger partial charge in [0, 0.05) is 0 Å². The summed E-state index contributed by atoms with van der Waals surface area (Å²) in [5.74, 6) is -0.413. The lowest BCUT2D eigenvalue weighted by atomic mass is 10.2. The lowest BCUT2D eigenvalue weighted by molar-refractivity contribution is 0.0505. The maximum Gasteiger partial charge on any atom is 0.438 e. The van der Waals surface area contributed by atoms with Gasteiger partial charge >= 0.3 is 11.8 Å². The van der Waals surface area contributed by atoms with Crippen LogP contribution in [0.4, 0.5) is 4.79 Å². The minimum absolute atomic E-state index is 0.246. The lowest BCUT2D eigenvalue weighted by Crippen LogP contribution is -2.34. The standard InChI is InChI=1S/C9H15N3O4/c1-5(6-11-8(14)16-12-6)10-7(13)15-9(2,3)4/h5H,1-4H3,(H,10,13)(H,11,12,14). The molecule has 0 spiro atoms. The van der Waals surface area contributed by atoms with Gasteiger partial charge in [0.25, 0.3) is 0 Å². The second-order valence-corrected chi connectivity index (χ2v) is 4.35. The molecule has 90 valence electrons. The van der Waals surface area contributed by atoms with E-state index in [1.807, 2.05) is 0 Å². The van der Waals surface area contributed by atoms with E-state index < -0.39 is 23.5 Å². The van der Waals surface area contributed by atoms with Gasteiger partial charge in [0.05, 0.1) is 6.04 Å². The summed E-state index contributed by atoms with van der Waals surface area (Å²) < 4.78 is 9.35. The number of nitrogens with one attached hydrogen (secondary N) is 2. The van der Waals surface area contributed by atoms with E-state index in [1.165, 1.54) is 0 Å². The molecule has 0 aliphatic rings. The molecule has 0 aliphatic heterocycles. The van der Waals surface area contributed by atoms with Crippen LogP contribution in [0.25, 0.3) is 0 Å². The number of carbonyl (C=O) groups excluding carboxylic acids is 1. The van der Waals surface area contributed by atoms with Gasteiger partial charge < -0.3 is 10.1 Å². The van der Waals surface area contributed by atoms with E-state index in [0.717, 1.165) is 0 Å². The second kappa shape index (κ2) is 4.38. The van der Waals surface area contributed by atoms with E-state index in [2.05, 4.69) is 20.0 Å². The van der Waals surface area contributed by atoms with E-state index in [0.29, 0.717) is 0 Å². The second-order valence-electron chi connectivity index (χ2n) is 4.35. The lowest BCUT2D eigenvalue weighted by Gasteiger charge is -2.21. The summed E-state index contributed by atoms with van der Waals surface area (Å²) in [6.07, 6.45) is -0.580. The third-order valence-corrected chi connectivity index (χ3v) is 1.60. The number of amides is 1. The number of nitrogens with zero attached hydrogens (tertiary/aromatic N) is 1. The van der Waals surface area contributed by atoms with E-state index in [9.17, 15) is 9.59 Å². The summed E-state index contributed by atoms with van der Waals surface area (Å²) in [5.41, 5.74) is -0.568. The van der Waals surface area contributed by atoms with Crippen molar-refractivity contribution in [3.8, 4) is 0 Å². The highest BCUT2D eigenvalue weighted by Crippen LogP contribution is 2.09. The first-order valence-corrected chi connectivity index (χ1v) is 4.83. The highest BCUT2D eigenvalue weighted by molar-refractivity contribution is 5.68. The summed E-state index contributed by atoms with van der Waals surface area (Å²) in [6, 6.07) is -0.485. The number of alkyl carbamates (subject to hydrolysis) is 1. The Morgan fingerprint density at radius 1 is 1.56 bits per heavy atom. The molecule has 1 rings (SSSR count). The fourth-order valence-corrected chi connectivity index (χ4v) is 0.981. The van der Waals surface area contributed by atoms with Crippen LogP contribution < -0.4 is 11.1 Å². The number of hydrogen-bond donors (Lipinski definition) is 2. The van der Waals surface area contributed by atoms with Gasteiger partial charge in [-0.2, -0.15) is 0 Å². The predicted molar refractivity (Wildman–Crippen MR) is 54.9 cm³/mol. The molecule has 0 radical (unpaired) electrons. The molecule has 1 heterocycles. The van der Waals surface area contributed by atoms with Crippen LogP contribution >= 0.6 is 0 Å². The molecular formula is C9H15N3O4. The van der Waals surface area contributed by atoms with Crippen molar-refractivity contribution in [2.45, 2.75) is 39.3 Å². The summed E-state index contributed by atoms with van der Waals surface area (Å²) in [7, 11) is 0. The summed E-state index contributed by atoms with van der Waals surface area (Å²) in [4.78, 5) is 24.4. The van der Waals surface area contributed by atoms with Crippen molar-refractivity contribution in [3.05, 3.63) is 16.4 Å². The fraction of sp³-hybridized carbons (Fsp3) is 0.667. The Morgan fingerprint density at radius 3 is 2.62 bits per heavy atom. The van der Waals surface area contributed by atoms with Gasteiger partial charge in [0.15, 0.2) is 5.82 Å². The molecule has 0 aromatic carbocycles. The zero-order valence-electron chi connectivity index (χ0n) is 9.66. The number of carbonyl (C=O) groups is 1. The van der Waals surface area contributed by atoms with Crippen molar-refractivity contribution in [1.82, 2.24) is 15.5 Å². The molecule has 1 atom stereocenters. The summed E-state index contributed by atoms with van der Waals surface area (Å²) >= 11 is 0. The van der Waals surface area contributed by atoms with Crippen LogP contribution in [0.1, 0.15) is 39.6 Å². The van der Waals surface area contributed by atoms with E-state index >= 15 is 0 Å². The SMILES string of the molecule is CC(NC(=O)OC(C)(C)C)c1noc(=O)[nH]1. The first-order chi connectivity index (χ1) is 7.28. The van der Waals surface area contributed by atoms with Crippen molar-refractivity contribution in [2.75, 3.05) is 0 Å². The van der Waals surface area contributed by atoms with Crippen LogP contribution in [-0.4, -0.2) is 21.8 Å². The quantitative estimate of drug-likeness (QED) is 0.786. The number of aromatic nitrogens is 2. The van der Waals surface area contributed by atoms with Gasteiger partial charge in [-0.3, -0.25) is 9.51 Å². The van der Waals surface area contributed by atoms with Crippen LogP contribution in [0.5, 0.6) is 0 Å². The molecule has 0 bridgehead atoms. The Hall–Kier alpha value is -1.79. The predicted octanol–water partition coefficient (Wildman–Crippen LogP) is 0.949. The largest absolute Gasteiger partial charge is 0.444 e. The van der Waals surface area contributed by atoms with E-state index in [1.54, 1.807) is 27.7 Å². The Bertz CT molecular complexity index is 415. The monoisotopic (exact) mass is 229 g/mol. The third-order valence-electron chi connectivity index (χ3n) is 1.60. The van der Waals surface area contributed by atoms with Crippen LogP contribution in [0, 0.1) is 0 Å². The number of ether oxygens (including phenoxy) is 1. The minimum Gasteiger partial charge on any atom is -0.444 e. The van der Waals surface area contributed by atoms with Crippen molar-refractivity contribution < 1.29 is 14.1 Å². The summed E-state index contributed by atoms with van der Waals surface area (Å²) in [6.45, 7) is 6.93. The molecule has 7 nitrogen and oxygen atoms in total.